The summed E-state index contributed by atoms with van der Waals surface area (Å²) in [6, 6.07) is 0. The van der Waals surface area contributed by atoms with Crippen molar-refractivity contribution in [2.45, 2.75) is 26.4 Å². The highest BCUT2D eigenvalue weighted by molar-refractivity contribution is 5.25. The first kappa shape index (κ1) is 9.68. The number of likely N-dealkylation sites (N-methyl/N-ethyl adjacent to an activating group) is 1. The number of hydrogen-bond acceptors (Lipinski definition) is 4. The monoisotopic (exact) mass is 195 g/mol. The largest absolute Gasteiger partial charge is 0.361 e. The van der Waals surface area contributed by atoms with Crippen LogP contribution in [0, 0.1) is 0 Å². The predicted molar refractivity (Wildman–Crippen MR) is 53.9 cm³/mol. The molecular formula is C10H17N3O. The fraction of sp³-hybridized carbons (Fsp3) is 0.700. The normalized spacial score (nSPS) is 17.0. The summed E-state index contributed by atoms with van der Waals surface area (Å²) in [6.07, 6.45) is 0.991. The van der Waals surface area contributed by atoms with Gasteiger partial charge in [0.15, 0.2) is 0 Å². The van der Waals surface area contributed by atoms with E-state index in [9.17, 15) is 0 Å². The fourth-order valence-electron chi connectivity index (χ4n) is 1.78. The average Bonchev–Trinajstić information content (AvgIpc) is 2.57. The lowest BCUT2D eigenvalue weighted by Crippen LogP contribution is -2.27. The van der Waals surface area contributed by atoms with Gasteiger partial charge in [0.05, 0.1) is 0 Å². The number of rotatable bonds is 3. The lowest BCUT2D eigenvalue weighted by atomic mass is 10.1. The molecule has 0 fully saturated rings. The van der Waals surface area contributed by atoms with E-state index in [-0.39, 0.29) is 0 Å². The van der Waals surface area contributed by atoms with E-state index in [1.54, 1.807) is 0 Å². The van der Waals surface area contributed by atoms with Crippen molar-refractivity contribution in [1.29, 1.82) is 0 Å². The third-order valence-corrected chi connectivity index (χ3v) is 2.64. The summed E-state index contributed by atoms with van der Waals surface area (Å²) in [6.45, 7) is 5.93. The lowest BCUT2D eigenvalue weighted by Gasteiger charge is -2.20. The van der Waals surface area contributed by atoms with Crippen LogP contribution < -0.4 is 5.32 Å². The zero-order valence-electron chi connectivity index (χ0n) is 8.84. The maximum Gasteiger partial charge on any atom is 0.142 e. The Bertz CT molecular complexity index is 308. The summed E-state index contributed by atoms with van der Waals surface area (Å²) in [5.41, 5.74) is 2.37. The summed E-state index contributed by atoms with van der Waals surface area (Å²) in [5.74, 6) is 1.08. The second kappa shape index (κ2) is 4.11. The molecule has 0 unspecified atom stereocenters. The van der Waals surface area contributed by atoms with Crippen molar-refractivity contribution < 1.29 is 4.52 Å². The Hall–Kier alpha value is -0.870. The molecule has 0 bridgehead atoms. The first-order chi connectivity index (χ1) is 6.81. The maximum atomic E-state index is 5.32. The van der Waals surface area contributed by atoms with Gasteiger partial charge in [-0.3, -0.25) is 0 Å². The van der Waals surface area contributed by atoms with Crippen molar-refractivity contribution in [3.8, 4) is 0 Å². The van der Waals surface area contributed by atoms with Crippen LogP contribution in [0.4, 0.5) is 0 Å². The molecule has 1 aliphatic heterocycles. The Morgan fingerprint density at radius 2 is 2.43 bits per heavy atom. The molecule has 4 nitrogen and oxygen atoms in total. The van der Waals surface area contributed by atoms with E-state index in [0.717, 1.165) is 44.1 Å². The number of aromatic nitrogens is 1. The Balaban J connectivity index is 2.13. The molecule has 2 rings (SSSR count). The van der Waals surface area contributed by atoms with Gasteiger partial charge in [-0.05, 0) is 13.6 Å². The minimum Gasteiger partial charge on any atom is -0.361 e. The van der Waals surface area contributed by atoms with E-state index in [2.05, 4.69) is 29.3 Å². The number of nitrogens with zero attached hydrogens (tertiary/aromatic N) is 2. The van der Waals surface area contributed by atoms with Crippen LogP contribution in [0.25, 0.3) is 0 Å². The van der Waals surface area contributed by atoms with Gasteiger partial charge in [0.2, 0.25) is 0 Å². The van der Waals surface area contributed by atoms with Crippen LogP contribution in [-0.4, -0.2) is 30.2 Å². The summed E-state index contributed by atoms with van der Waals surface area (Å²) >= 11 is 0. The van der Waals surface area contributed by atoms with Crippen LogP contribution in [0.5, 0.6) is 0 Å². The van der Waals surface area contributed by atoms with Crippen molar-refractivity contribution >= 4 is 0 Å². The zero-order chi connectivity index (χ0) is 9.97. The molecule has 0 saturated carbocycles. The average molecular weight is 195 g/mol. The first-order valence-corrected chi connectivity index (χ1v) is 5.16. The van der Waals surface area contributed by atoms with Crippen molar-refractivity contribution in [2.24, 2.45) is 0 Å². The second-order valence-corrected chi connectivity index (χ2v) is 3.80. The van der Waals surface area contributed by atoms with Gasteiger partial charge in [-0.15, -0.1) is 0 Å². The van der Waals surface area contributed by atoms with Crippen LogP contribution in [0.2, 0.25) is 0 Å². The smallest absolute Gasteiger partial charge is 0.142 e. The Labute approximate surface area is 84.3 Å². The predicted octanol–water partition coefficient (Wildman–Crippen LogP) is 0.772. The number of fused-ring (bicyclic) bond motifs is 1. The Kier molecular flexibility index (Phi) is 2.84. The highest BCUT2D eigenvalue weighted by atomic mass is 16.5. The molecule has 1 aromatic rings. The molecule has 1 aliphatic rings. The SMILES string of the molecule is CCNCc1noc2c1CN(C)CC2. The van der Waals surface area contributed by atoms with E-state index in [0.29, 0.717) is 0 Å². The van der Waals surface area contributed by atoms with Gasteiger partial charge >= 0.3 is 0 Å². The molecule has 0 aliphatic carbocycles. The summed E-state index contributed by atoms with van der Waals surface area (Å²) in [4.78, 5) is 2.30. The molecule has 78 valence electrons. The zero-order valence-corrected chi connectivity index (χ0v) is 8.84. The van der Waals surface area contributed by atoms with Gasteiger partial charge in [0.25, 0.3) is 0 Å². The third kappa shape index (κ3) is 1.81. The fourth-order valence-corrected chi connectivity index (χ4v) is 1.78. The minimum absolute atomic E-state index is 0.823. The van der Waals surface area contributed by atoms with Gasteiger partial charge in [-0.1, -0.05) is 12.1 Å². The van der Waals surface area contributed by atoms with Gasteiger partial charge in [-0.2, -0.15) is 0 Å². The van der Waals surface area contributed by atoms with Crippen LogP contribution in [0.15, 0.2) is 4.52 Å². The number of hydrogen-bond donors (Lipinski definition) is 1. The molecule has 0 saturated heterocycles. The summed E-state index contributed by atoms with van der Waals surface area (Å²) in [5, 5.41) is 7.38. The second-order valence-electron chi connectivity index (χ2n) is 3.80. The highest BCUT2D eigenvalue weighted by Crippen LogP contribution is 2.21. The van der Waals surface area contributed by atoms with Crippen LogP contribution in [-0.2, 0) is 19.5 Å². The van der Waals surface area contributed by atoms with E-state index < -0.39 is 0 Å². The summed E-state index contributed by atoms with van der Waals surface area (Å²) < 4.78 is 5.32. The molecule has 4 heteroatoms. The van der Waals surface area contributed by atoms with Gasteiger partial charge in [-0.25, -0.2) is 0 Å². The molecule has 2 heterocycles. The Morgan fingerprint density at radius 1 is 1.57 bits per heavy atom. The Morgan fingerprint density at radius 3 is 3.21 bits per heavy atom. The van der Waals surface area contributed by atoms with Crippen LogP contribution in [0.3, 0.4) is 0 Å². The van der Waals surface area contributed by atoms with Crippen molar-refractivity contribution in [3.63, 3.8) is 0 Å². The molecule has 0 spiro atoms. The first-order valence-electron chi connectivity index (χ1n) is 5.16. The molecule has 14 heavy (non-hydrogen) atoms. The molecule has 0 atom stereocenters. The maximum absolute atomic E-state index is 5.32. The lowest BCUT2D eigenvalue weighted by molar-refractivity contribution is 0.281. The summed E-state index contributed by atoms with van der Waals surface area (Å²) in [7, 11) is 2.13. The van der Waals surface area contributed by atoms with Gasteiger partial charge in [0.1, 0.15) is 11.5 Å². The van der Waals surface area contributed by atoms with Crippen molar-refractivity contribution in [3.05, 3.63) is 17.0 Å². The molecule has 0 aromatic carbocycles. The van der Waals surface area contributed by atoms with Crippen LogP contribution >= 0.6 is 0 Å². The van der Waals surface area contributed by atoms with E-state index >= 15 is 0 Å². The van der Waals surface area contributed by atoms with Crippen molar-refractivity contribution in [1.82, 2.24) is 15.4 Å². The molecule has 1 aromatic heterocycles. The van der Waals surface area contributed by atoms with E-state index in [4.69, 9.17) is 4.52 Å². The highest BCUT2D eigenvalue weighted by Gasteiger charge is 2.21. The standard InChI is InChI=1S/C10H17N3O/c1-3-11-6-9-8-7-13(2)5-4-10(8)14-12-9/h11H,3-7H2,1-2H3. The van der Waals surface area contributed by atoms with Crippen LogP contribution in [0.1, 0.15) is 23.9 Å². The van der Waals surface area contributed by atoms with E-state index in [1.807, 2.05) is 0 Å². The quantitative estimate of drug-likeness (QED) is 0.773. The molecule has 0 radical (unpaired) electrons. The van der Waals surface area contributed by atoms with Crippen molar-refractivity contribution in [2.75, 3.05) is 20.1 Å². The number of nitrogens with one attached hydrogen (secondary N) is 1. The van der Waals surface area contributed by atoms with Gasteiger partial charge < -0.3 is 14.7 Å². The third-order valence-electron chi connectivity index (χ3n) is 2.64. The minimum atomic E-state index is 0.823. The van der Waals surface area contributed by atoms with Gasteiger partial charge in [0, 0.05) is 31.6 Å². The topological polar surface area (TPSA) is 41.3 Å². The molecule has 0 amide bonds. The molecule has 1 N–H and O–H groups in total. The van der Waals surface area contributed by atoms with E-state index in [1.165, 1.54) is 5.56 Å². The molecular weight excluding hydrogens is 178 g/mol.